The number of aliphatic carboxylic acids is 1. The second kappa shape index (κ2) is 8.41. The normalized spacial score (nSPS) is 25.4. The largest absolute Gasteiger partial charge is 0.481 e. The number of nitrogens with zero attached hydrogens (tertiary/aromatic N) is 1. The van der Waals surface area contributed by atoms with E-state index in [1.54, 1.807) is 0 Å². The minimum atomic E-state index is -0.693. The van der Waals surface area contributed by atoms with Crippen LogP contribution in [0.4, 0.5) is 0 Å². The van der Waals surface area contributed by atoms with E-state index in [0.29, 0.717) is 0 Å². The quantitative estimate of drug-likeness (QED) is 0.519. The molecular formula is C19H26BrNO4. The molecule has 6 heteroatoms. The van der Waals surface area contributed by atoms with Crippen molar-refractivity contribution in [2.75, 3.05) is 25.2 Å². The SMILES string of the molecule is CCCCCC1C(C(=O)O)C(c2ccc3c(c2)OCO3)CN1CCBr. The van der Waals surface area contributed by atoms with Crippen molar-refractivity contribution in [3.8, 4) is 11.5 Å². The summed E-state index contributed by atoms with van der Waals surface area (Å²) in [7, 11) is 0. The highest BCUT2D eigenvalue weighted by Crippen LogP contribution is 2.43. The lowest BCUT2D eigenvalue weighted by Crippen LogP contribution is -2.37. The van der Waals surface area contributed by atoms with E-state index in [1.807, 2.05) is 18.2 Å². The Bertz CT molecular complexity index is 609. The fourth-order valence-corrected chi connectivity index (χ4v) is 4.58. The Morgan fingerprint density at radius 2 is 2.12 bits per heavy atom. The topological polar surface area (TPSA) is 59.0 Å². The molecule has 0 radical (unpaired) electrons. The van der Waals surface area contributed by atoms with Crippen LogP contribution in [0.2, 0.25) is 0 Å². The summed E-state index contributed by atoms with van der Waals surface area (Å²) in [6.45, 7) is 4.07. The van der Waals surface area contributed by atoms with E-state index < -0.39 is 5.97 Å². The van der Waals surface area contributed by atoms with Crippen molar-refractivity contribution in [3.63, 3.8) is 0 Å². The molecule has 0 aliphatic carbocycles. The van der Waals surface area contributed by atoms with Crippen LogP contribution in [-0.2, 0) is 4.79 Å². The van der Waals surface area contributed by atoms with Crippen LogP contribution < -0.4 is 9.47 Å². The van der Waals surface area contributed by atoms with Gasteiger partial charge in [-0.3, -0.25) is 9.69 Å². The average molecular weight is 412 g/mol. The molecule has 138 valence electrons. The lowest BCUT2D eigenvalue weighted by molar-refractivity contribution is -0.143. The predicted octanol–water partition coefficient (Wildman–Crippen LogP) is 3.86. The van der Waals surface area contributed by atoms with Crippen molar-refractivity contribution < 1.29 is 19.4 Å². The Morgan fingerprint density at radius 3 is 2.84 bits per heavy atom. The average Bonchev–Trinajstić information content (AvgIpc) is 3.19. The van der Waals surface area contributed by atoms with Crippen LogP contribution in [0.15, 0.2) is 18.2 Å². The zero-order chi connectivity index (χ0) is 17.8. The lowest BCUT2D eigenvalue weighted by atomic mass is 9.83. The van der Waals surface area contributed by atoms with Gasteiger partial charge in [0, 0.05) is 30.4 Å². The summed E-state index contributed by atoms with van der Waals surface area (Å²) in [5, 5.41) is 10.8. The van der Waals surface area contributed by atoms with Crippen molar-refractivity contribution in [2.24, 2.45) is 5.92 Å². The molecule has 1 fully saturated rings. The van der Waals surface area contributed by atoms with Gasteiger partial charge >= 0.3 is 5.97 Å². The van der Waals surface area contributed by atoms with Gasteiger partial charge in [0.2, 0.25) is 6.79 Å². The number of carboxylic acid groups (broad SMARTS) is 1. The summed E-state index contributed by atoms with van der Waals surface area (Å²) in [6.07, 6.45) is 4.32. The molecule has 3 rings (SSSR count). The van der Waals surface area contributed by atoms with Crippen molar-refractivity contribution in [1.29, 1.82) is 0 Å². The number of hydrogen-bond donors (Lipinski definition) is 1. The molecule has 3 atom stereocenters. The summed E-state index contributed by atoms with van der Waals surface area (Å²) in [5.74, 6) is 0.378. The molecule has 2 aliphatic rings. The molecule has 0 aromatic heterocycles. The highest BCUT2D eigenvalue weighted by Gasteiger charge is 2.46. The van der Waals surface area contributed by atoms with Crippen LogP contribution in [0, 0.1) is 5.92 Å². The molecule has 0 saturated carbocycles. The number of unbranched alkanes of at least 4 members (excludes halogenated alkanes) is 2. The van der Waals surface area contributed by atoms with Gasteiger partial charge in [-0.25, -0.2) is 0 Å². The van der Waals surface area contributed by atoms with Crippen LogP contribution in [0.1, 0.15) is 44.1 Å². The van der Waals surface area contributed by atoms with Crippen LogP contribution in [0.3, 0.4) is 0 Å². The Labute approximate surface area is 157 Å². The molecule has 0 amide bonds. The number of carboxylic acids is 1. The highest BCUT2D eigenvalue weighted by molar-refractivity contribution is 9.09. The summed E-state index contributed by atoms with van der Waals surface area (Å²) >= 11 is 3.52. The minimum Gasteiger partial charge on any atom is -0.481 e. The van der Waals surface area contributed by atoms with Crippen molar-refractivity contribution >= 4 is 21.9 Å². The van der Waals surface area contributed by atoms with Gasteiger partial charge < -0.3 is 14.6 Å². The smallest absolute Gasteiger partial charge is 0.308 e. The number of fused-ring (bicyclic) bond motifs is 1. The third-order valence-electron chi connectivity index (χ3n) is 5.33. The number of benzene rings is 1. The molecule has 1 saturated heterocycles. The summed E-state index contributed by atoms with van der Waals surface area (Å²) < 4.78 is 10.9. The van der Waals surface area contributed by atoms with Crippen molar-refractivity contribution in [3.05, 3.63) is 23.8 Å². The molecule has 0 bridgehead atoms. The predicted molar refractivity (Wildman–Crippen MR) is 99.7 cm³/mol. The van der Waals surface area contributed by atoms with Crippen LogP contribution in [0.5, 0.6) is 11.5 Å². The molecule has 1 aromatic carbocycles. The molecule has 5 nitrogen and oxygen atoms in total. The fourth-order valence-electron chi connectivity index (χ4n) is 4.12. The standard InChI is InChI=1S/C19H26BrNO4/c1-2-3-4-5-15-18(19(22)23)14(11-21(15)9-8-20)13-6-7-16-17(10-13)25-12-24-16/h6-7,10,14-15,18H,2-5,8-9,11-12H2,1H3,(H,22,23). The highest BCUT2D eigenvalue weighted by atomic mass is 79.9. The third-order valence-corrected chi connectivity index (χ3v) is 5.69. The van der Waals surface area contributed by atoms with Gasteiger partial charge in [-0.15, -0.1) is 0 Å². The molecular weight excluding hydrogens is 386 g/mol. The maximum absolute atomic E-state index is 12.1. The Balaban J connectivity index is 1.85. The maximum Gasteiger partial charge on any atom is 0.308 e. The summed E-state index contributed by atoms with van der Waals surface area (Å²) in [4.78, 5) is 14.5. The number of alkyl halides is 1. The van der Waals surface area contributed by atoms with E-state index in [9.17, 15) is 9.90 Å². The van der Waals surface area contributed by atoms with Gasteiger partial charge in [0.25, 0.3) is 0 Å². The van der Waals surface area contributed by atoms with Gasteiger partial charge in [-0.2, -0.15) is 0 Å². The first-order valence-electron chi connectivity index (χ1n) is 9.08. The Kier molecular flexibility index (Phi) is 6.23. The molecule has 2 heterocycles. The molecule has 1 N–H and O–H groups in total. The van der Waals surface area contributed by atoms with Gasteiger partial charge in [0.05, 0.1) is 5.92 Å². The number of hydrogen-bond acceptors (Lipinski definition) is 4. The van der Waals surface area contributed by atoms with E-state index >= 15 is 0 Å². The molecule has 3 unspecified atom stereocenters. The van der Waals surface area contributed by atoms with E-state index in [2.05, 4.69) is 27.8 Å². The Morgan fingerprint density at radius 1 is 1.32 bits per heavy atom. The number of carbonyl (C=O) groups is 1. The number of rotatable bonds is 8. The van der Waals surface area contributed by atoms with E-state index in [4.69, 9.17) is 9.47 Å². The van der Waals surface area contributed by atoms with Gasteiger partial charge in [0.1, 0.15) is 0 Å². The van der Waals surface area contributed by atoms with E-state index in [1.165, 1.54) is 0 Å². The zero-order valence-electron chi connectivity index (χ0n) is 14.6. The zero-order valence-corrected chi connectivity index (χ0v) is 16.2. The monoisotopic (exact) mass is 411 g/mol. The van der Waals surface area contributed by atoms with Gasteiger partial charge in [-0.1, -0.05) is 48.2 Å². The van der Waals surface area contributed by atoms with Crippen LogP contribution in [-0.4, -0.2) is 47.2 Å². The number of likely N-dealkylation sites (tertiary alicyclic amines) is 1. The van der Waals surface area contributed by atoms with Gasteiger partial charge in [-0.05, 0) is 24.1 Å². The maximum atomic E-state index is 12.1. The summed E-state index contributed by atoms with van der Waals surface area (Å²) in [6, 6.07) is 5.95. The van der Waals surface area contributed by atoms with Gasteiger partial charge in [0.15, 0.2) is 11.5 Å². The first-order valence-corrected chi connectivity index (χ1v) is 10.2. The first-order chi connectivity index (χ1) is 12.2. The Hall–Kier alpha value is -1.27. The van der Waals surface area contributed by atoms with E-state index in [-0.39, 0.29) is 24.7 Å². The lowest BCUT2D eigenvalue weighted by Gasteiger charge is -2.26. The second-order valence-electron chi connectivity index (χ2n) is 6.83. The van der Waals surface area contributed by atoms with Crippen LogP contribution in [0.25, 0.3) is 0 Å². The van der Waals surface area contributed by atoms with Crippen LogP contribution >= 0.6 is 15.9 Å². The molecule has 2 aliphatic heterocycles. The molecule has 0 spiro atoms. The molecule has 25 heavy (non-hydrogen) atoms. The van der Waals surface area contributed by atoms with Crippen molar-refractivity contribution in [2.45, 2.75) is 44.6 Å². The fraction of sp³-hybridized carbons (Fsp3) is 0.632. The summed E-state index contributed by atoms with van der Waals surface area (Å²) in [5.41, 5.74) is 1.04. The van der Waals surface area contributed by atoms with E-state index in [0.717, 1.165) is 61.2 Å². The number of halogens is 1. The second-order valence-corrected chi connectivity index (χ2v) is 7.62. The first kappa shape index (κ1) is 18.5. The number of ether oxygens (including phenoxy) is 2. The molecule has 1 aromatic rings. The van der Waals surface area contributed by atoms with Crippen molar-refractivity contribution in [1.82, 2.24) is 4.90 Å². The third kappa shape index (κ3) is 3.95. The minimum absolute atomic E-state index is 0.0160.